The van der Waals surface area contributed by atoms with Gasteiger partial charge in [0.25, 0.3) is 0 Å². The summed E-state index contributed by atoms with van der Waals surface area (Å²) < 4.78 is 0. The highest BCUT2D eigenvalue weighted by Crippen LogP contribution is 2.20. The van der Waals surface area contributed by atoms with Gasteiger partial charge in [0.15, 0.2) is 0 Å². The number of anilines is 1. The van der Waals surface area contributed by atoms with Crippen molar-refractivity contribution in [2.75, 3.05) is 25.0 Å². The van der Waals surface area contributed by atoms with Crippen LogP contribution in [0.2, 0.25) is 0 Å². The second kappa shape index (κ2) is 7.85. The van der Waals surface area contributed by atoms with Crippen molar-refractivity contribution >= 4 is 29.7 Å². The van der Waals surface area contributed by atoms with Crippen molar-refractivity contribution in [1.82, 2.24) is 4.90 Å². The molecule has 3 rings (SSSR count). The third-order valence-corrected chi connectivity index (χ3v) is 3.82. The highest BCUT2D eigenvalue weighted by Gasteiger charge is 2.20. The Balaban J connectivity index is 0.00000176. The fraction of sp³-hybridized carbons (Fsp3) is 0.278. The summed E-state index contributed by atoms with van der Waals surface area (Å²) in [6.45, 7) is 2.17. The summed E-state index contributed by atoms with van der Waals surface area (Å²) in [6.07, 6.45) is 2.49. The maximum Gasteiger partial charge on any atom is 0.206 e. The average Bonchev–Trinajstić information content (AvgIpc) is 3.08. The molecule has 0 aromatic heterocycles. The molecule has 0 aliphatic carbocycles. The molecule has 0 bridgehead atoms. The number of rotatable bonds is 2. The highest BCUT2D eigenvalue weighted by molar-refractivity contribution is 5.97. The lowest BCUT2D eigenvalue weighted by Crippen LogP contribution is -2.40. The fourth-order valence-electron chi connectivity index (χ4n) is 2.66. The van der Waals surface area contributed by atoms with Crippen molar-refractivity contribution in [3.63, 3.8) is 0 Å². The van der Waals surface area contributed by atoms with Gasteiger partial charge in [0.05, 0.1) is 5.69 Å². The van der Waals surface area contributed by atoms with Crippen LogP contribution in [0.25, 0.3) is 0 Å². The smallest absolute Gasteiger partial charge is 0.206 e. The van der Waals surface area contributed by atoms with Gasteiger partial charge in [-0.15, -0.1) is 12.4 Å². The quantitative estimate of drug-likeness (QED) is 0.607. The molecule has 0 amide bonds. The molecule has 2 aromatic rings. The Morgan fingerprint density at radius 3 is 2.05 bits per heavy atom. The molecule has 0 spiro atoms. The Morgan fingerprint density at radius 2 is 1.45 bits per heavy atom. The van der Waals surface area contributed by atoms with Gasteiger partial charge >= 0.3 is 0 Å². The van der Waals surface area contributed by atoms with E-state index in [2.05, 4.69) is 53.2 Å². The van der Waals surface area contributed by atoms with Crippen molar-refractivity contribution in [3.8, 4) is 0 Å². The molecule has 1 fully saturated rings. The summed E-state index contributed by atoms with van der Waals surface area (Å²) >= 11 is 0. The predicted octanol–water partition coefficient (Wildman–Crippen LogP) is 4.33. The van der Waals surface area contributed by atoms with Gasteiger partial charge in [-0.25, -0.2) is 4.99 Å². The Hall–Kier alpha value is -2.00. The molecule has 0 radical (unpaired) electrons. The molecule has 22 heavy (non-hydrogen) atoms. The van der Waals surface area contributed by atoms with E-state index in [1.54, 1.807) is 0 Å². The topological polar surface area (TPSA) is 18.8 Å². The lowest BCUT2D eigenvalue weighted by Gasteiger charge is -2.29. The summed E-state index contributed by atoms with van der Waals surface area (Å²) in [5, 5.41) is 0. The van der Waals surface area contributed by atoms with E-state index in [0.29, 0.717) is 0 Å². The van der Waals surface area contributed by atoms with E-state index in [1.807, 2.05) is 24.3 Å². The van der Waals surface area contributed by atoms with E-state index in [0.717, 1.165) is 24.7 Å². The summed E-state index contributed by atoms with van der Waals surface area (Å²) in [5.74, 6) is 1.03. The molecular weight excluding hydrogens is 294 g/mol. The molecule has 0 atom stereocenters. The molecular formula is C18H22ClN3. The van der Waals surface area contributed by atoms with Crippen LogP contribution in [0.4, 0.5) is 11.4 Å². The number of guanidine groups is 1. The average molecular weight is 316 g/mol. The number of halogens is 1. The van der Waals surface area contributed by atoms with Gasteiger partial charge in [0.1, 0.15) is 0 Å². The zero-order valence-electron chi connectivity index (χ0n) is 12.9. The first-order chi connectivity index (χ1) is 10.3. The van der Waals surface area contributed by atoms with Crippen LogP contribution in [0, 0.1) is 0 Å². The lowest BCUT2D eigenvalue weighted by molar-refractivity contribution is 0.510. The normalized spacial score (nSPS) is 14.6. The fourth-order valence-corrected chi connectivity index (χ4v) is 2.66. The first-order valence-electron chi connectivity index (χ1n) is 7.52. The minimum atomic E-state index is 0. The molecule has 1 aliphatic rings. The van der Waals surface area contributed by atoms with Gasteiger partial charge in [0, 0.05) is 25.8 Å². The van der Waals surface area contributed by atoms with Crippen molar-refractivity contribution in [2.45, 2.75) is 12.8 Å². The minimum Gasteiger partial charge on any atom is -0.342 e. The standard InChI is InChI=1S/C18H21N3.ClH/c1-20(17-12-6-3-7-13-17)18(21-14-8-9-15-21)19-16-10-4-2-5-11-16;/h2-7,10-13H,8-9,14-15H2,1H3;1H. The van der Waals surface area contributed by atoms with Crippen molar-refractivity contribution in [1.29, 1.82) is 0 Å². The predicted molar refractivity (Wildman–Crippen MR) is 96.4 cm³/mol. The summed E-state index contributed by atoms with van der Waals surface area (Å²) in [7, 11) is 2.09. The molecule has 1 heterocycles. The number of likely N-dealkylation sites (tertiary alicyclic amines) is 1. The molecule has 0 saturated carbocycles. The molecule has 3 nitrogen and oxygen atoms in total. The van der Waals surface area contributed by atoms with E-state index in [9.17, 15) is 0 Å². The Bertz CT molecular complexity index is 592. The largest absolute Gasteiger partial charge is 0.342 e. The number of hydrogen-bond acceptors (Lipinski definition) is 1. The van der Waals surface area contributed by atoms with Crippen molar-refractivity contribution < 1.29 is 0 Å². The van der Waals surface area contributed by atoms with E-state index < -0.39 is 0 Å². The van der Waals surface area contributed by atoms with Crippen molar-refractivity contribution in [3.05, 3.63) is 60.7 Å². The highest BCUT2D eigenvalue weighted by atomic mass is 35.5. The van der Waals surface area contributed by atoms with Crippen LogP contribution in [-0.2, 0) is 0 Å². The van der Waals surface area contributed by atoms with Gasteiger partial charge in [-0.3, -0.25) is 0 Å². The van der Waals surface area contributed by atoms with E-state index in [4.69, 9.17) is 4.99 Å². The molecule has 1 saturated heterocycles. The first kappa shape index (κ1) is 16.4. The van der Waals surface area contributed by atoms with Gasteiger partial charge < -0.3 is 9.80 Å². The molecule has 4 heteroatoms. The zero-order chi connectivity index (χ0) is 14.5. The van der Waals surface area contributed by atoms with Crippen LogP contribution in [-0.4, -0.2) is 31.0 Å². The van der Waals surface area contributed by atoms with Crippen LogP contribution >= 0.6 is 12.4 Å². The molecule has 2 aromatic carbocycles. The van der Waals surface area contributed by atoms with Gasteiger partial charge in [-0.2, -0.15) is 0 Å². The van der Waals surface area contributed by atoms with Crippen LogP contribution in [0.15, 0.2) is 65.7 Å². The van der Waals surface area contributed by atoms with Crippen LogP contribution in [0.1, 0.15) is 12.8 Å². The third kappa shape index (κ3) is 3.80. The SMILES string of the molecule is CN(C(=Nc1ccccc1)N1CCCC1)c1ccccc1.Cl. The maximum absolute atomic E-state index is 4.89. The third-order valence-electron chi connectivity index (χ3n) is 3.82. The molecule has 0 unspecified atom stereocenters. The molecule has 1 aliphatic heterocycles. The van der Waals surface area contributed by atoms with Gasteiger partial charge in [0.2, 0.25) is 5.96 Å². The van der Waals surface area contributed by atoms with Crippen LogP contribution < -0.4 is 4.90 Å². The Labute approximate surface area is 138 Å². The Morgan fingerprint density at radius 1 is 0.909 bits per heavy atom. The van der Waals surface area contributed by atoms with E-state index >= 15 is 0 Å². The molecule has 116 valence electrons. The maximum atomic E-state index is 4.89. The monoisotopic (exact) mass is 315 g/mol. The number of aliphatic imine (C=N–C) groups is 1. The zero-order valence-corrected chi connectivity index (χ0v) is 13.7. The van der Waals surface area contributed by atoms with Crippen LogP contribution in [0.5, 0.6) is 0 Å². The summed E-state index contributed by atoms with van der Waals surface area (Å²) in [4.78, 5) is 9.44. The second-order valence-corrected chi connectivity index (χ2v) is 5.34. The number of para-hydroxylation sites is 2. The first-order valence-corrected chi connectivity index (χ1v) is 7.52. The summed E-state index contributed by atoms with van der Waals surface area (Å²) in [5.41, 5.74) is 2.17. The van der Waals surface area contributed by atoms with Gasteiger partial charge in [-0.05, 0) is 37.1 Å². The lowest BCUT2D eigenvalue weighted by atomic mass is 10.3. The van der Waals surface area contributed by atoms with Crippen molar-refractivity contribution in [2.24, 2.45) is 4.99 Å². The number of hydrogen-bond donors (Lipinski definition) is 0. The van der Waals surface area contributed by atoms with E-state index in [-0.39, 0.29) is 12.4 Å². The van der Waals surface area contributed by atoms with E-state index in [1.165, 1.54) is 18.5 Å². The second-order valence-electron chi connectivity index (χ2n) is 5.34. The van der Waals surface area contributed by atoms with Crippen LogP contribution in [0.3, 0.4) is 0 Å². The summed E-state index contributed by atoms with van der Waals surface area (Å²) in [6, 6.07) is 20.6. The minimum absolute atomic E-state index is 0. The molecule has 0 N–H and O–H groups in total. The number of nitrogens with zero attached hydrogens (tertiary/aromatic N) is 3. The number of benzene rings is 2. The van der Waals surface area contributed by atoms with Gasteiger partial charge in [-0.1, -0.05) is 36.4 Å². The Kier molecular flexibility index (Phi) is 5.84.